The molecule has 0 bridgehead atoms. The van der Waals surface area contributed by atoms with Crippen molar-refractivity contribution in [2.24, 2.45) is 0 Å². The molecule has 0 aromatic heterocycles. The Morgan fingerprint density at radius 1 is 0.533 bits per heavy atom. The largest absolute Gasteiger partial charge is 0.418 e. The first-order chi connectivity index (χ1) is 21.2. The molecule has 0 radical (unpaired) electrons. The van der Waals surface area contributed by atoms with Crippen LogP contribution in [0.5, 0.6) is 0 Å². The van der Waals surface area contributed by atoms with E-state index in [9.17, 15) is 68.4 Å². The van der Waals surface area contributed by atoms with E-state index in [4.69, 9.17) is 0 Å². The van der Waals surface area contributed by atoms with E-state index in [0.717, 1.165) is 25.1 Å². The van der Waals surface area contributed by atoms with E-state index < -0.39 is 89.6 Å². The third-order valence-corrected chi connectivity index (χ3v) is 6.54. The fourth-order valence-corrected chi connectivity index (χ4v) is 4.69. The van der Waals surface area contributed by atoms with Gasteiger partial charge in [0.1, 0.15) is 36.4 Å². The highest BCUT2D eigenvalue weighted by atomic mass is 19.4. The van der Waals surface area contributed by atoms with Gasteiger partial charge in [0.25, 0.3) is 0 Å². The van der Waals surface area contributed by atoms with Crippen molar-refractivity contribution in [2.75, 3.05) is 0 Å². The lowest BCUT2D eigenvalue weighted by molar-refractivity contribution is -0.139. The van der Waals surface area contributed by atoms with Crippen molar-refractivity contribution in [3.8, 4) is 48.6 Å². The lowest BCUT2D eigenvalue weighted by Gasteiger charge is -2.17. The van der Waals surface area contributed by atoms with Crippen molar-refractivity contribution in [1.82, 2.24) is 0 Å². The van der Waals surface area contributed by atoms with Crippen molar-refractivity contribution in [3.63, 3.8) is 0 Å². The van der Waals surface area contributed by atoms with E-state index in [2.05, 4.69) is 0 Å². The third-order valence-electron chi connectivity index (χ3n) is 6.54. The van der Waals surface area contributed by atoms with Crippen molar-refractivity contribution in [2.45, 2.75) is 19.3 Å². The summed E-state index contributed by atoms with van der Waals surface area (Å²) >= 11 is 0. The van der Waals surface area contributed by atoms with Crippen LogP contribution in [0.1, 0.15) is 61.2 Å². The molecule has 0 amide bonds. The first kappa shape index (κ1) is 32.4. The van der Waals surface area contributed by atoms with Crippen LogP contribution in [0, 0.1) is 97.6 Å². The zero-order valence-corrected chi connectivity index (χ0v) is 22.2. The minimum absolute atomic E-state index is 0.387. The van der Waals surface area contributed by atoms with Gasteiger partial charge in [-0.05, 0) is 30.7 Å². The fourth-order valence-electron chi connectivity index (χ4n) is 4.69. The molecule has 0 aliphatic rings. The molecule has 0 saturated heterocycles. The quantitative estimate of drug-likeness (QED) is 0.375. The Balaban J connectivity index is 2.80. The molecule has 0 unspecified atom stereocenters. The highest BCUT2D eigenvalue weighted by Crippen LogP contribution is 2.39. The number of alkyl halides is 6. The van der Waals surface area contributed by atoms with Crippen molar-refractivity contribution < 1.29 is 26.3 Å². The van der Waals surface area contributed by atoms with Crippen LogP contribution >= 0.6 is 0 Å². The van der Waals surface area contributed by atoms with Gasteiger partial charge in [0.15, 0.2) is 0 Å². The number of hydrogen-bond acceptors (Lipinski definition) is 8. The minimum atomic E-state index is -5.35. The van der Waals surface area contributed by atoms with Gasteiger partial charge in [0.05, 0.1) is 67.8 Å². The first-order valence-corrected chi connectivity index (χ1v) is 11.8. The number of benzene rings is 3. The zero-order chi connectivity index (χ0) is 33.9. The molecule has 3 aromatic carbocycles. The second kappa shape index (κ2) is 12.0. The van der Waals surface area contributed by atoms with Crippen LogP contribution in [0.25, 0.3) is 11.1 Å². The Hall–Kier alpha value is -7.10. The van der Waals surface area contributed by atoms with Gasteiger partial charge >= 0.3 is 12.4 Å². The molecule has 14 heteroatoms. The summed E-state index contributed by atoms with van der Waals surface area (Å²) < 4.78 is 85.3. The van der Waals surface area contributed by atoms with Gasteiger partial charge in [-0.2, -0.15) is 68.4 Å². The molecular formula is C31H8F6N8. The first-order valence-electron chi connectivity index (χ1n) is 11.8. The summed E-state index contributed by atoms with van der Waals surface area (Å²) in [6.07, 6.45) is -10.5. The molecule has 0 spiro atoms. The highest BCUT2D eigenvalue weighted by Gasteiger charge is 2.40. The Morgan fingerprint density at radius 3 is 1.42 bits per heavy atom. The third kappa shape index (κ3) is 5.44. The van der Waals surface area contributed by atoms with Crippen LogP contribution in [-0.4, -0.2) is 0 Å². The number of nitrogens with zero attached hydrogens (tertiary/aromatic N) is 8. The molecule has 0 saturated carbocycles. The molecule has 0 aliphatic heterocycles. The molecule has 214 valence electrons. The van der Waals surface area contributed by atoms with Crippen molar-refractivity contribution in [3.05, 3.63) is 102 Å². The molecule has 8 nitrogen and oxygen atoms in total. The molecular weight excluding hydrogens is 598 g/mol. The molecule has 0 N–H and O–H groups in total. The van der Waals surface area contributed by atoms with Gasteiger partial charge in [-0.25, -0.2) is 0 Å². The monoisotopic (exact) mass is 606 g/mol. The van der Waals surface area contributed by atoms with Crippen LogP contribution in [0.3, 0.4) is 0 Å². The van der Waals surface area contributed by atoms with E-state index in [0.29, 0.717) is 12.1 Å². The molecule has 45 heavy (non-hydrogen) atoms. The van der Waals surface area contributed by atoms with Gasteiger partial charge in [0, 0.05) is 21.6 Å². The van der Waals surface area contributed by atoms with Gasteiger partial charge in [0.2, 0.25) is 0 Å². The summed E-state index contributed by atoms with van der Waals surface area (Å²) in [4.78, 5) is 0. The summed E-state index contributed by atoms with van der Waals surface area (Å²) in [7, 11) is 0. The predicted molar refractivity (Wildman–Crippen MR) is 138 cm³/mol. The number of nitriles is 8. The number of halogens is 6. The highest BCUT2D eigenvalue weighted by molar-refractivity contribution is 5.85. The van der Waals surface area contributed by atoms with E-state index in [1.54, 1.807) is 12.1 Å². The van der Waals surface area contributed by atoms with E-state index in [-0.39, 0.29) is 5.56 Å². The van der Waals surface area contributed by atoms with Gasteiger partial charge < -0.3 is 0 Å². The second-order valence-electron chi connectivity index (χ2n) is 8.81. The summed E-state index contributed by atoms with van der Waals surface area (Å²) in [6.45, 7) is 0.967. The van der Waals surface area contributed by atoms with Crippen LogP contribution in [0.2, 0.25) is 0 Å². The smallest absolute Gasteiger partial charge is 0.192 e. The van der Waals surface area contributed by atoms with Crippen molar-refractivity contribution >= 4 is 11.1 Å². The summed E-state index contributed by atoms with van der Waals surface area (Å²) in [5.74, 6) is 0. The zero-order valence-electron chi connectivity index (χ0n) is 22.2. The molecule has 3 aromatic rings. The lowest BCUT2D eigenvalue weighted by Crippen LogP contribution is -2.27. The summed E-state index contributed by atoms with van der Waals surface area (Å²) in [6, 6.07) is 15.7. The van der Waals surface area contributed by atoms with Crippen molar-refractivity contribution in [1.29, 1.82) is 42.1 Å². The number of rotatable bonds is 2. The Bertz CT molecular complexity index is 2290. The topological polar surface area (TPSA) is 190 Å². The van der Waals surface area contributed by atoms with E-state index in [1.807, 2.05) is 0 Å². The minimum Gasteiger partial charge on any atom is -0.192 e. The maximum absolute atomic E-state index is 14.2. The summed E-state index contributed by atoms with van der Waals surface area (Å²) in [5.41, 5.74) is -12.3. The van der Waals surface area contributed by atoms with E-state index >= 15 is 0 Å². The Kier molecular flexibility index (Phi) is 8.66. The average Bonchev–Trinajstić information content (AvgIpc) is 2.99. The van der Waals surface area contributed by atoms with Gasteiger partial charge in [-0.3, -0.25) is 0 Å². The van der Waals surface area contributed by atoms with E-state index in [1.165, 1.54) is 36.4 Å². The number of hydrogen-bond donors (Lipinski definition) is 0. The second-order valence-corrected chi connectivity index (χ2v) is 8.81. The molecule has 0 heterocycles. The molecule has 0 fully saturated rings. The SMILES string of the molecule is Cc1c(C#N)ccc(/C(C#N)=c2\cc(C#N)/c(=C(\C#N)c3ccc(C#N)c(C#N)c3C(F)(F)F)c(C#N)c2C#N)c1C(F)(F)F. The molecule has 0 atom stereocenters. The predicted octanol–water partition coefficient (Wildman–Crippen LogP) is 4.71. The summed E-state index contributed by atoms with van der Waals surface area (Å²) in [5, 5.41) is 76.4. The average molecular weight is 606 g/mol. The van der Waals surface area contributed by atoms with Gasteiger partial charge in [-0.1, -0.05) is 12.1 Å². The lowest BCUT2D eigenvalue weighted by atomic mass is 9.86. The van der Waals surface area contributed by atoms with Crippen LogP contribution in [0.4, 0.5) is 26.3 Å². The van der Waals surface area contributed by atoms with Gasteiger partial charge in [-0.15, -0.1) is 0 Å². The van der Waals surface area contributed by atoms with Crippen LogP contribution < -0.4 is 10.4 Å². The van der Waals surface area contributed by atoms with Crippen LogP contribution in [-0.2, 0) is 12.4 Å². The standard InChI is InChI=1S/C31H8F6N8/c1-15-16(7-38)2-4-19(28(15)30(32,33)34)23(11-42)21-6-18(9-40)27(26(14-45)24(21)12-43)25(13-44)20-5-3-17(8-39)22(10-41)29(20)31(35,36)37/h2-6H,1H3/b23-21+,27-25-. The van der Waals surface area contributed by atoms with Crippen LogP contribution in [0.15, 0.2) is 30.3 Å². The molecule has 3 rings (SSSR count). The maximum atomic E-state index is 14.2. The fraction of sp³-hybridized carbons (Fsp3) is 0.0968. The normalized spacial score (nSPS) is 12.0. The Morgan fingerprint density at radius 2 is 1.00 bits per heavy atom. The maximum Gasteiger partial charge on any atom is 0.418 e. The Labute approximate surface area is 249 Å². The molecule has 0 aliphatic carbocycles.